The summed E-state index contributed by atoms with van der Waals surface area (Å²) in [5.41, 5.74) is 0. The zero-order chi connectivity index (χ0) is 11.3. The van der Waals surface area contributed by atoms with Crippen molar-refractivity contribution in [1.29, 1.82) is 5.26 Å². The van der Waals surface area contributed by atoms with Gasteiger partial charge in [-0.1, -0.05) is 0 Å². The first kappa shape index (κ1) is 11.2. The smallest absolute Gasteiger partial charge is 0.133 e. The van der Waals surface area contributed by atoms with Crippen molar-refractivity contribution in [3.05, 3.63) is 11.9 Å². The lowest BCUT2D eigenvalue weighted by Crippen LogP contribution is -2.13. The highest BCUT2D eigenvalue weighted by atomic mass is 15.2. The molecule has 5 heteroatoms. The van der Waals surface area contributed by atoms with Gasteiger partial charge in [0, 0.05) is 26.7 Å². The number of hydrogen-bond acceptors (Lipinski definition) is 5. The molecule has 1 aromatic heterocycles. The number of nitrogens with zero attached hydrogens (tertiary/aromatic N) is 4. The molecule has 0 spiro atoms. The highest BCUT2D eigenvalue weighted by Gasteiger charge is 2.02. The molecule has 0 saturated heterocycles. The van der Waals surface area contributed by atoms with E-state index in [1.807, 2.05) is 32.0 Å². The maximum absolute atomic E-state index is 8.41. The minimum atomic E-state index is 0.473. The lowest BCUT2D eigenvalue weighted by atomic mass is 10.4. The summed E-state index contributed by atoms with van der Waals surface area (Å²) in [5.74, 6) is 2.35. The fourth-order valence-corrected chi connectivity index (χ4v) is 1.12. The van der Waals surface area contributed by atoms with Crippen LogP contribution in [0.2, 0.25) is 0 Å². The molecule has 1 N–H and O–H groups in total. The maximum atomic E-state index is 8.41. The quantitative estimate of drug-likeness (QED) is 0.748. The third-order valence-corrected chi connectivity index (χ3v) is 1.83. The van der Waals surface area contributed by atoms with Crippen LogP contribution in [-0.4, -0.2) is 30.6 Å². The molecule has 0 aliphatic carbocycles. The first-order chi connectivity index (χ1) is 7.13. The van der Waals surface area contributed by atoms with Gasteiger partial charge in [0.1, 0.15) is 17.5 Å². The molecular weight excluding hydrogens is 190 g/mol. The van der Waals surface area contributed by atoms with Gasteiger partial charge in [0.05, 0.1) is 12.5 Å². The second-order valence-electron chi connectivity index (χ2n) is 3.39. The van der Waals surface area contributed by atoms with Crippen LogP contribution < -0.4 is 10.2 Å². The molecule has 0 aliphatic rings. The number of anilines is 2. The summed E-state index contributed by atoms with van der Waals surface area (Å²) in [5, 5.41) is 11.5. The Morgan fingerprint density at radius 3 is 2.80 bits per heavy atom. The van der Waals surface area contributed by atoms with Crippen molar-refractivity contribution < 1.29 is 0 Å². The molecule has 15 heavy (non-hydrogen) atoms. The maximum Gasteiger partial charge on any atom is 0.133 e. The number of nitriles is 1. The first-order valence-corrected chi connectivity index (χ1v) is 4.77. The first-order valence-electron chi connectivity index (χ1n) is 4.77. The van der Waals surface area contributed by atoms with Crippen molar-refractivity contribution in [3.63, 3.8) is 0 Å². The Balaban J connectivity index is 2.76. The second-order valence-corrected chi connectivity index (χ2v) is 3.39. The van der Waals surface area contributed by atoms with Crippen molar-refractivity contribution in [1.82, 2.24) is 9.97 Å². The van der Waals surface area contributed by atoms with Gasteiger partial charge in [0.2, 0.25) is 0 Å². The molecule has 0 unspecified atom stereocenters. The Labute approximate surface area is 89.8 Å². The number of rotatable bonds is 4. The van der Waals surface area contributed by atoms with Crippen molar-refractivity contribution in [2.24, 2.45) is 0 Å². The van der Waals surface area contributed by atoms with Gasteiger partial charge < -0.3 is 10.2 Å². The highest BCUT2D eigenvalue weighted by Crippen LogP contribution is 2.12. The summed E-state index contributed by atoms with van der Waals surface area (Å²) in [7, 11) is 3.86. The third-order valence-electron chi connectivity index (χ3n) is 1.83. The van der Waals surface area contributed by atoms with Gasteiger partial charge in [-0.25, -0.2) is 9.97 Å². The van der Waals surface area contributed by atoms with Gasteiger partial charge in [-0.05, 0) is 6.92 Å². The van der Waals surface area contributed by atoms with E-state index in [-0.39, 0.29) is 0 Å². The lowest BCUT2D eigenvalue weighted by Gasteiger charge is -2.13. The van der Waals surface area contributed by atoms with E-state index in [4.69, 9.17) is 5.26 Å². The average Bonchev–Trinajstić information content (AvgIpc) is 2.17. The molecule has 0 aromatic carbocycles. The van der Waals surface area contributed by atoms with Crippen molar-refractivity contribution in [3.8, 4) is 6.07 Å². The van der Waals surface area contributed by atoms with Crippen LogP contribution in [0.1, 0.15) is 12.2 Å². The molecule has 1 aromatic rings. The molecule has 0 bridgehead atoms. The van der Waals surface area contributed by atoms with E-state index in [1.165, 1.54) is 0 Å². The minimum Gasteiger partial charge on any atom is -0.369 e. The predicted molar refractivity (Wildman–Crippen MR) is 59.8 cm³/mol. The molecule has 0 fully saturated rings. The summed E-state index contributed by atoms with van der Waals surface area (Å²) in [6.07, 6.45) is 0.473. The molecule has 0 amide bonds. The summed E-state index contributed by atoms with van der Waals surface area (Å²) in [4.78, 5) is 10.4. The molecule has 0 aliphatic heterocycles. The van der Waals surface area contributed by atoms with E-state index in [9.17, 15) is 0 Å². The van der Waals surface area contributed by atoms with Crippen molar-refractivity contribution >= 4 is 11.6 Å². The van der Waals surface area contributed by atoms with Gasteiger partial charge in [-0.3, -0.25) is 0 Å². The SMILES string of the molecule is Cc1nc(NCCC#N)cc(N(C)C)n1. The van der Waals surface area contributed by atoms with Crippen molar-refractivity contribution in [2.45, 2.75) is 13.3 Å². The molecule has 1 heterocycles. The normalized spacial score (nSPS) is 9.47. The number of aryl methyl sites for hydroxylation is 1. The molecular formula is C10H15N5. The second kappa shape index (κ2) is 5.15. The van der Waals surface area contributed by atoms with E-state index in [2.05, 4.69) is 21.4 Å². The van der Waals surface area contributed by atoms with Crippen LogP contribution in [-0.2, 0) is 0 Å². The van der Waals surface area contributed by atoms with E-state index >= 15 is 0 Å². The largest absolute Gasteiger partial charge is 0.369 e. The van der Waals surface area contributed by atoms with Gasteiger partial charge in [0.15, 0.2) is 0 Å². The van der Waals surface area contributed by atoms with Crippen LogP contribution in [0.25, 0.3) is 0 Å². The van der Waals surface area contributed by atoms with E-state index in [0.29, 0.717) is 13.0 Å². The topological polar surface area (TPSA) is 64.8 Å². The molecule has 80 valence electrons. The molecule has 0 radical (unpaired) electrons. The van der Waals surface area contributed by atoms with Crippen LogP contribution >= 0.6 is 0 Å². The Morgan fingerprint density at radius 2 is 2.20 bits per heavy atom. The van der Waals surface area contributed by atoms with Crippen LogP contribution in [0.4, 0.5) is 11.6 Å². The van der Waals surface area contributed by atoms with Crippen molar-refractivity contribution in [2.75, 3.05) is 30.9 Å². The Kier molecular flexibility index (Phi) is 3.86. The molecule has 0 saturated carbocycles. The summed E-state index contributed by atoms with van der Waals surface area (Å²) in [6, 6.07) is 3.94. The summed E-state index contributed by atoms with van der Waals surface area (Å²) < 4.78 is 0. The third kappa shape index (κ3) is 3.43. The zero-order valence-electron chi connectivity index (χ0n) is 9.28. The molecule has 1 rings (SSSR count). The van der Waals surface area contributed by atoms with Gasteiger partial charge in [0.25, 0.3) is 0 Å². The van der Waals surface area contributed by atoms with E-state index < -0.39 is 0 Å². The van der Waals surface area contributed by atoms with Gasteiger partial charge in [-0.15, -0.1) is 0 Å². The molecule has 0 atom stereocenters. The number of aromatic nitrogens is 2. The number of hydrogen-bond donors (Lipinski definition) is 1. The predicted octanol–water partition coefficient (Wildman–Crippen LogP) is 1.18. The Morgan fingerprint density at radius 1 is 1.47 bits per heavy atom. The standard InChI is InChI=1S/C10H15N5/c1-8-13-9(12-6-4-5-11)7-10(14-8)15(2)3/h7H,4,6H2,1-3H3,(H,12,13,14). The Bertz CT molecular complexity index is 367. The Hall–Kier alpha value is -1.83. The van der Waals surface area contributed by atoms with Crippen LogP contribution in [0.5, 0.6) is 0 Å². The summed E-state index contributed by atoms with van der Waals surface area (Å²) >= 11 is 0. The lowest BCUT2D eigenvalue weighted by molar-refractivity contribution is 0.972. The summed E-state index contributed by atoms with van der Waals surface area (Å²) in [6.45, 7) is 2.46. The minimum absolute atomic E-state index is 0.473. The average molecular weight is 205 g/mol. The zero-order valence-corrected chi connectivity index (χ0v) is 9.28. The van der Waals surface area contributed by atoms with E-state index in [1.54, 1.807) is 0 Å². The van der Waals surface area contributed by atoms with Crippen LogP contribution in [0, 0.1) is 18.3 Å². The van der Waals surface area contributed by atoms with Gasteiger partial charge in [-0.2, -0.15) is 5.26 Å². The fourth-order valence-electron chi connectivity index (χ4n) is 1.12. The monoisotopic (exact) mass is 205 g/mol. The van der Waals surface area contributed by atoms with Crippen LogP contribution in [0.15, 0.2) is 6.07 Å². The number of nitrogens with one attached hydrogen (secondary N) is 1. The van der Waals surface area contributed by atoms with Gasteiger partial charge >= 0.3 is 0 Å². The highest BCUT2D eigenvalue weighted by molar-refractivity contribution is 5.48. The van der Waals surface area contributed by atoms with Crippen LogP contribution in [0.3, 0.4) is 0 Å². The fraction of sp³-hybridized carbons (Fsp3) is 0.500. The van der Waals surface area contributed by atoms with E-state index in [0.717, 1.165) is 17.5 Å². The molecule has 5 nitrogen and oxygen atoms in total.